The van der Waals surface area contributed by atoms with Crippen molar-refractivity contribution in [2.24, 2.45) is 11.8 Å². The van der Waals surface area contributed by atoms with Crippen LogP contribution in [0.1, 0.15) is 24.2 Å². The van der Waals surface area contributed by atoms with Crippen LogP contribution in [0, 0.1) is 11.8 Å². The number of fused-ring (bicyclic) bond motifs is 1. The average molecular weight is 354 g/mol. The van der Waals surface area contributed by atoms with E-state index in [4.69, 9.17) is 0 Å². The molecule has 6 heteroatoms. The van der Waals surface area contributed by atoms with Crippen molar-refractivity contribution in [2.75, 3.05) is 27.2 Å². The quantitative estimate of drug-likeness (QED) is 0.921. The van der Waals surface area contributed by atoms with E-state index in [9.17, 15) is 9.59 Å². The van der Waals surface area contributed by atoms with Gasteiger partial charge in [-0.3, -0.25) is 9.78 Å². The molecule has 3 rings (SSSR count). The number of urea groups is 1. The minimum Gasteiger partial charge on any atom is -0.336 e. The highest BCUT2D eigenvalue weighted by atomic mass is 16.2. The molecule has 2 aromatic rings. The van der Waals surface area contributed by atoms with Gasteiger partial charge in [0, 0.05) is 44.7 Å². The third-order valence-corrected chi connectivity index (χ3v) is 5.06. The lowest BCUT2D eigenvalue weighted by atomic mass is 9.91. The van der Waals surface area contributed by atoms with Crippen LogP contribution < -0.4 is 5.32 Å². The highest BCUT2D eigenvalue weighted by molar-refractivity contribution is 5.97. The maximum absolute atomic E-state index is 13.0. The molecule has 0 bridgehead atoms. The van der Waals surface area contributed by atoms with Gasteiger partial charge in [-0.05, 0) is 18.1 Å². The van der Waals surface area contributed by atoms with Gasteiger partial charge in [-0.15, -0.1) is 0 Å². The van der Waals surface area contributed by atoms with Gasteiger partial charge in [0.25, 0.3) is 5.91 Å². The molecule has 0 saturated carbocycles. The van der Waals surface area contributed by atoms with E-state index >= 15 is 0 Å². The molecule has 1 aromatic carbocycles. The lowest BCUT2D eigenvalue weighted by molar-refractivity contribution is 0.0782. The lowest BCUT2D eigenvalue weighted by Gasteiger charge is -2.24. The summed E-state index contributed by atoms with van der Waals surface area (Å²) in [6.07, 6.45) is 1.64. The van der Waals surface area contributed by atoms with Gasteiger partial charge >= 0.3 is 6.03 Å². The maximum Gasteiger partial charge on any atom is 0.317 e. The molecule has 26 heavy (non-hydrogen) atoms. The zero-order valence-corrected chi connectivity index (χ0v) is 15.8. The maximum atomic E-state index is 13.0. The zero-order chi connectivity index (χ0) is 18.8. The number of nitrogens with one attached hydrogen (secondary N) is 1. The van der Waals surface area contributed by atoms with Crippen molar-refractivity contribution in [3.8, 4) is 0 Å². The lowest BCUT2D eigenvalue weighted by Crippen LogP contribution is -2.46. The Kier molecular flexibility index (Phi) is 5.11. The molecule has 0 spiro atoms. The van der Waals surface area contributed by atoms with E-state index in [1.54, 1.807) is 20.3 Å². The Morgan fingerprint density at radius 3 is 2.65 bits per heavy atom. The first-order chi connectivity index (χ1) is 12.4. The fourth-order valence-corrected chi connectivity index (χ4v) is 3.48. The van der Waals surface area contributed by atoms with Crippen LogP contribution in [0.25, 0.3) is 10.9 Å². The number of para-hydroxylation sites is 1. The zero-order valence-electron chi connectivity index (χ0n) is 15.8. The SMILES string of the molecule is CC(C)[C@@H]1CN(C(=O)c2cnc3ccccc3c2)C[C@H]1NC(=O)N(C)C. The third-order valence-electron chi connectivity index (χ3n) is 5.06. The molecule has 1 N–H and O–H groups in total. The number of carbonyl (C=O) groups is 2. The Bertz CT molecular complexity index is 818. The first-order valence-corrected chi connectivity index (χ1v) is 8.98. The minimum atomic E-state index is -0.123. The van der Waals surface area contributed by atoms with Crippen LogP contribution in [-0.4, -0.2) is 59.9 Å². The van der Waals surface area contributed by atoms with Crippen LogP contribution in [0.15, 0.2) is 36.5 Å². The molecule has 2 heterocycles. The summed E-state index contributed by atoms with van der Waals surface area (Å²) >= 11 is 0. The largest absolute Gasteiger partial charge is 0.336 e. The first kappa shape index (κ1) is 18.2. The number of hydrogen-bond acceptors (Lipinski definition) is 3. The second-order valence-corrected chi connectivity index (χ2v) is 7.49. The van der Waals surface area contributed by atoms with Crippen molar-refractivity contribution in [3.05, 3.63) is 42.1 Å². The summed E-state index contributed by atoms with van der Waals surface area (Å²) < 4.78 is 0. The van der Waals surface area contributed by atoms with Crippen molar-refractivity contribution in [3.63, 3.8) is 0 Å². The number of nitrogens with zero attached hydrogens (tertiary/aromatic N) is 3. The normalized spacial score (nSPS) is 19.8. The molecular formula is C20H26N4O2. The molecule has 6 nitrogen and oxygen atoms in total. The van der Waals surface area contributed by atoms with E-state index in [0.717, 1.165) is 10.9 Å². The predicted molar refractivity (Wildman–Crippen MR) is 102 cm³/mol. The van der Waals surface area contributed by atoms with Gasteiger partial charge in [0.2, 0.25) is 0 Å². The Labute approximate surface area is 154 Å². The molecule has 2 atom stereocenters. The third kappa shape index (κ3) is 3.64. The summed E-state index contributed by atoms with van der Waals surface area (Å²) in [6, 6.07) is 9.49. The Balaban J connectivity index is 1.79. The number of carbonyl (C=O) groups excluding carboxylic acids is 2. The van der Waals surface area contributed by atoms with Crippen LogP contribution in [-0.2, 0) is 0 Å². The van der Waals surface area contributed by atoms with E-state index < -0.39 is 0 Å². The molecule has 1 aromatic heterocycles. The van der Waals surface area contributed by atoms with Crippen molar-refractivity contribution in [1.82, 2.24) is 20.1 Å². The van der Waals surface area contributed by atoms with Crippen molar-refractivity contribution in [2.45, 2.75) is 19.9 Å². The molecule has 0 radical (unpaired) electrons. The number of benzene rings is 1. The van der Waals surface area contributed by atoms with Crippen molar-refractivity contribution < 1.29 is 9.59 Å². The molecule has 1 saturated heterocycles. The molecule has 138 valence electrons. The fourth-order valence-electron chi connectivity index (χ4n) is 3.48. The minimum absolute atomic E-state index is 0.0319. The molecule has 1 fully saturated rings. The fraction of sp³-hybridized carbons (Fsp3) is 0.450. The van der Waals surface area contributed by atoms with E-state index in [2.05, 4.69) is 24.1 Å². The van der Waals surface area contributed by atoms with Crippen LogP contribution >= 0.6 is 0 Å². The van der Waals surface area contributed by atoms with Crippen molar-refractivity contribution >= 4 is 22.8 Å². The number of amides is 3. The number of hydrogen-bond donors (Lipinski definition) is 1. The Hall–Kier alpha value is -2.63. The summed E-state index contributed by atoms with van der Waals surface area (Å²) in [5.41, 5.74) is 1.47. The van der Waals surface area contributed by atoms with Gasteiger partial charge in [0.1, 0.15) is 0 Å². The molecule has 1 aliphatic rings. The predicted octanol–water partition coefficient (Wildman–Crippen LogP) is 2.60. The van der Waals surface area contributed by atoms with Gasteiger partial charge in [-0.1, -0.05) is 32.0 Å². The number of rotatable bonds is 3. The Morgan fingerprint density at radius 1 is 1.23 bits per heavy atom. The first-order valence-electron chi connectivity index (χ1n) is 8.98. The van der Waals surface area contributed by atoms with Gasteiger partial charge in [-0.25, -0.2) is 4.79 Å². The smallest absolute Gasteiger partial charge is 0.317 e. The second-order valence-electron chi connectivity index (χ2n) is 7.49. The molecule has 0 unspecified atom stereocenters. The van der Waals surface area contributed by atoms with E-state index in [-0.39, 0.29) is 23.9 Å². The van der Waals surface area contributed by atoms with E-state index in [1.807, 2.05) is 35.2 Å². The van der Waals surface area contributed by atoms with Crippen LogP contribution in [0.4, 0.5) is 4.79 Å². The van der Waals surface area contributed by atoms with Crippen LogP contribution in [0.2, 0.25) is 0 Å². The highest BCUT2D eigenvalue weighted by Gasteiger charge is 2.38. The molecule has 3 amide bonds. The molecule has 0 aliphatic carbocycles. The standard InChI is InChI=1S/C20H26N4O2/c1-13(2)16-11-24(12-18(16)22-20(26)23(3)4)19(25)15-9-14-7-5-6-8-17(14)21-10-15/h5-10,13,16,18H,11-12H2,1-4H3,(H,22,26)/t16-,18+/m0/s1. The van der Waals surface area contributed by atoms with Crippen molar-refractivity contribution in [1.29, 1.82) is 0 Å². The van der Waals surface area contributed by atoms with Gasteiger partial charge in [0.15, 0.2) is 0 Å². The van der Waals surface area contributed by atoms with Gasteiger partial charge in [-0.2, -0.15) is 0 Å². The second kappa shape index (κ2) is 7.32. The Morgan fingerprint density at radius 2 is 1.96 bits per heavy atom. The summed E-state index contributed by atoms with van der Waals surface area (Å²) in [7, 11) is 3.44. The van der Waals surface area contributed by atoms with Gasteiger partial charge < -0.3 is 15.1 Å². The summed E-state index contributed by atoms with van der Waals surface area (Å²) in [4.78, 5) is 32.8. The van der Waals surface area contributed by atoms with E-state index in [1.165, 1.54) is 4.90 Å². The summed E-state index contributed by atoms with van der Waals surface area (Å²) in [6.45, 7) is 5.42. The average Bonchev–Trinajstić information content (AvgIpc) is 3.04. The number of likely N-dealkylation sites (tertiary alicyclic amines) is 1. The highest BCUT2D eigenvalue weighted by Crippen LogP contribution is 2.26. The van der Waals surface area contributed by atoms with Crippen LogP contribution in [0.3, 0.4) is 0 Å². The molecule has 1 aliphatic heterocycles. The topological polar surface area (TPSA) is 65.5 Å². The number of pyridine rings is 1. The van der Waals surface area contributed by atoms with Gasteiger partial charge in [0.05, 0.1) is 17.1 Å². The monoisotopic (exact) mass is 354 g/mol. The summed E-state index contributed by atoms with van der Waals surface area (Å²) in [5, 5.41) is 4.01. The molecular weight excluding hydrogens is 328 g/mol. The van der Waals surface area contributed by atoms with E-state index in [0.29, 0.717) is 24.6 Å². The number of aromatic nitrogens is 1. The van der Waals surface area contributed by atoms with Crippen LogP contribution in [0.5, 0.6) is 0 Å². The summed E-state index contributed by atoms with van der Waals surface area (Å²) in [5.74, 6) is 0.571.